The molecule has 0 rings (SSSR count). The lowest BCUT2D eigenvalue weighted by molar-refractivity contribution is 0.372. The van der Waals surface area contributed by atoms with E-state index in [1.54, 1.807) is 0 Å². The van der Waals surface area contributed by atoms with Crippen LogP contribution in [0.3, 0.4) is 0 Å². The summed E-state index contributed by atoms with van der Waals surface area (Å²) in [5, 5.41) is 7.01. The summed E-state index contributed by atoms with van der Waals surface area (Å²) >= 11 is 0. The van der Waals surface area contributed by atoms with Crippen molar-refractivity contribution >= 4 is 6.21 Å². The molecule has 0 aliphatic heterocycles. The summed E-state index contributed by atoms with van der Waals surface area (Å²) in [6.07, 6.45) is 1.51. The van der Waals surface area contributed by atoms with Gasteiger partial charge in [-0.15, -0.1) is 0 Å². The maximum Gasteiger partial charge on any atom is 0.00160 e. The van der Waals surface area contributed by atoms with Crippen LogP contribution in [0.2, 0.25) is 0 Å². The van der Waals surface area contributed by atoms with E-state index in [2.05, 4.69) is 27.7 Å². The summed E-state index contributed by atoms with van der Waals surface area (Å²) in [5.41, 5.74) is 0.0833. The van der Waals surface area contributed by atoms with Crippen LogP contribution in [-0.4, -0.2) is 6.21 Å². The molecule has 0 fully saturated rings. The highest BCUT2D eigenvalue weighted by atomic mass is 14.4. The fourth-order valence-corrected chi connectivity index (χ4v) is 0.167. The van der Waals surface area contributed by atoms with Gasteiger partial charge in [-0.2, -0.15) is 0 Å². The molecule has 0 atom stereocenters. The van der Waals surface area contributed by atoms with Crippen LogP contribution in [0, 0.1) is 16.7 Å². The van der Waals surface area contributed by atoms with Gasteiger partial charge in [0.1, 0.15) is 0 Å². The average molecular weight is 113 g/mol. The van der Waals surface area contributed by atoms with Gasteiger partial charge in [-0.25, -0.2) is 0 Å². The van der Waals surface area contributed by atoms with Crippen LogP contribution in [0.15, 0.2) is 0 Å². The average Bonchev–Trinajstić information content (AvgIpc) is 1.67. The minimum atomic E-state index is 0.0833. The Bertz CT molecular complexity index is 82.4. The first kappa shape index (κ1) is 7.67. The molecule has 0 heterocycles. The highest BCUT2D eigenvalue weighted by Gasteiger charge is 2.17. The summed E-state index contributed by atoms with van der Waals surface area (Å²) in [6.45, 7) is 8.41. The van der Waals surface area contributed by atoms with Gasteiger partial charge in [0.15, 0.2) is 0 Å². The smallest absolute Gasteiger partial charge is 0.00160 e. The van der Waals surface area contributed by atoms with E-state index in [1.807, 2.05) is 0 Å². The molecule has 0 radical (unpaired) electrons. The maximum absolute atomic E-state index is 7.01. The Morgan fingerprint density at radius 3 is 1.75 bits per heavy atom. The largest absolute Gasteiger partial charge is 0.313 e. The van der Waals surface area contributed by atoms with Gasteiger partial charge in [0.05, 0.1) is 0 Å². The third-order valence-corrected chi connectivity index (χ3v) is 1.86. The molecule has 0 aliphatic rings. The molecule has 0 spiro atoms. The fourth-order valence-electron chi connectivity index (χ4n) is 0.167. The first-order valence-electron chi connectivity index (χ1n) is 3.02. The summed E-state index contributed by atoms with van der Waals surface area (Å²) in [6, 6.07) is 0. The summed E-state index contributed by atoms with van der Waals surface area (Å²) in [5.74, 6) is 0.569. The molecule has 1 N–H and O–H groups in total. The molecule has 8 heavy (non-hydrogen) atoms. The molecule has 0 amide bonds. The Hall–Kier alpha value is -0.330. The molecule has 0 aromatic carbocycles. The number of rotatable bonds is 2. The van der Waals surface area contributed by atoms with E-state index in [-0.39, 0.29) is 5.41 Å². The monoisotopic (exact) mass is 113 g/mol. The second-order valence-corrected chi connectivity index (χ2v) is 3.12. The molecule has 0 saturated heterocycles. The zero-order chi connectivity index (χ0) is 6.78. The Kier molecular flexibility index (Phi) is 2.20. The fraction of sp³-hybridized carbons (Fsp3) is 0.857. The molecule has 0 unspecified atom stereocenters. The second-order valence-electron chi connectivity index (χ2n) is 3.12. The van der Waals surface area contributed by atoms with Crippen molar-refractivity contribution in [2.75, 3.05) is 0 Å². The third-order valence-electron chi connectivity index (χ3n) is 1.86. The Labute approximate surface area is 51.6 Å². The molecule has 0 saturated carbocycles. The molecule has 0 aromatic heterocycles. The number of hydrogen-bond acceptors (Lipinski definition) is 1. The molecule has 48 valence electrons. The van der Waals surface area contributed by atoms with Crippen molar-refractivity contribution in [3.05, 3.63) is 0 Å². The minimum absolute atomic E-state index is 0.0833. The van der Waals surface area contributed by atoms with E-state index in [0.717, 1.165) is 0 Å². The molecular formula is C7H15N. The molecule has 0 bridgehead atoms. The van der Waals surface area contributed by atoms with E-state index in [1.165, 1.54) is 6.21 Å². The van der Waals surface area contributed by atoms with Crippen molar-refractivity contribution in [3.8, 4) is 0 Å². The minimum Gasteiger partial charge on any atom is -0.313 e. The normalized spacial score (nSPS) is 12.1. The Morgan fingerprint density at radius 1 is 1.38 bits per heavy atom. The van der Waals surface area contributed by atoms with Crippen LogP contribution in [0.25, 0.3) is 0 Å². The molecular weight excluding hydrogens is 98.1 g/mol. The lowest BCUT2D eigenvalue weighted by atomic mass is 9.83. The van der Waals surface area contributed by atoms with Gasteiger partial charge in [0.25, 0.3) is 0 Å². The lowest BCUT2D eigenvalue weighted by Gasteiger charge is -2.22. The zero-order valence-electron chi connectivity index (χ0n) is 6.15. The van der Waals surface area contributed by atoms with Gasteiger partial charge < -0.3 is 5.41 Å². The molecule has 0 aromatic rings. The molecule has 1 heteroatoms. The van der Waals surface area contributed by atoms with Gasteiger partial charge >= 0.3 is 0 Å². The van der Waals surface area contributed by atoms with Crippen LogP contribution in [0.5, 0.6) is 0 Å². The molecule has 1 nitrogen and oxygen atoms in total. The van der Waals surface area contributed by atoms with Crippen LogP contribution >= 0.6 is 0 Å². The van der Waals surface area contributed by atoms with Gasteiger partial charge in [-0.3, -0.25) is 0 Å². The van der Waals surface area contributed by atoms with Gasteiger partial charge in [0, 0.05) is 11.6 Å². The summed E-state index contributed by atoms with van der Waals surface area (Å²) in [4.78, 5) is 0. The summed E-state index contributed by atoms with van der Waals surface area (Å²) < 4.78 is 0. The number of hydrogen-bond donors (Lipinski definition) is 1. The first-order valence-corrected chi connectivity index (χ1v) is 3.02. The Morgan fingerprint density at radius 2 is 1.75 bits per heavy atom. The van der Waals surface area contributed by atoms with Gasteiger partial charge in [-0.1, -0.05) is 27.7 Å². The van der Waals surface area contributed by atoms with E-state index < -0.39 is 0 Å². The van der Waals surface area contributed by atoms with E-state index >= 15 is 0 Å². The standard InChI is InChI=1S/C7H15N/c1-6(2)7(3,4)5-8/h5-6,8H,1-4H3. The van der Waals surface area contributed by atoms with Crippen LogP contribution in [-0.2, 0) is 0 Å². The lowest BCUT2D eigenvalue weighted by Crippen LogP contribution is -2.19. The van der Waals surface area contributed by atoms with Crippen LogP contribution in [0.4, 0.5) is 0 Å². The van der Waals surface area contributed by atoms with Crippen molar-refractivity contribution in [3.63, 3.8) is 0 Å². The van der Waals surface area contributed by atoms with Gasteiger partial charge in [-0.05, 0) is 5.92 Å². The van der Waals surface area contributed by atoms with E-state index in [0.29, 0.717) is 5.92 Å². The topological polar surface area (TPSA) is 23.9 Å². The summed E-state index contributed by atoms with van der Waals surface area (Å²) in [7, 11) is 0. The maximum atomic E-state index is 7.01. The van der Waals surface area contributed by atoms with Gasteiger partial charge in [0.2, 0.25) is 0 Å². The zero-order valence-corrected chi connectivity index (χ0v) is 6.15. The highest BCUT2D eigenvalue weighted by molar-refractivity contribution is 5.61. The molecule has 0 aliphatic carbocycles. The van der Waals surface area contributed by atoms with Crippen molar-refractivity contribution in [1.82, 2.24) is 0 Å². The second kappa shape index (κ2) is 2.29. The van der Waals surface area contributed by atoms with E-state index in [4.69, 9.17) is 5.41 Å². The Balaban J connectivity index is 3.90. The first-order chi connectivity index (χ1) is 3.50. The van der Waals surface area contributed by atoms with E-state index in [9.17, 15) is 0 Å². The number of nitrogens with one attached hydrogen (secondary N) is 1. The predicted octanol–water partition coefficient (Wildman–Crippen LogP) is 2.32. The predicted molar refractivity (Wildman–Crippen MR) is 37.4 cm³/mol. The quantitative estimate of drug-likeness (QED) is 0.531. The van der Waals surface area contributed by atoms with Crippen molar-refractivity contribution < 1.29 is 0 Å². The highest BCUT2D eigenvalue weighted by Crippen LogP contribution is 2.22. The van der Waals surface area contributed by atoms with Crippen LogP contribution in [0.1, 0.15) is 27.7 Å². The van der Waals surface area contributed by atoms with Crippen LogP contribution < -0.4 is 0 Å². The van der Waals surface area contributed by atoms with Crippen molar-refractivity contribution in [2.45, 2.75) is 27.7 Å². The third kappa shape index (κ3) is 1.65. The van der Waals surface area contributed by atoms with Crippen molar-refractivity contribution in [1.29, 1.82) is 5.41 Å². The van der Waals surface area contributed by atoms with Crippen molar-refractivity contribution in [2.24, 2.45) is 11.3 Å². The SMILES string of the molecule is CC(C)C(C)(C)C=N.